The van der Waals surface area contributed by atoms with E-state index in [1.54, 1.807) is 23.7 Å². The van der Waals surface area contributed by atoms with Crippen molar-refractivity contribution in [1.29, 1.82) is 0 Å². The van der Waals surface area contributed by atoms with Crippen LogP contribution < -0.4 is 5.73 Å². The van der Waals surface area contributed by atoms with E-state index in [-0.39, 0.29) is 6.04 Å². The zero-order chi connectivity index (χ0) is 9.97. The maximum atomic E-state index is 5.74. The Balaban J connectivity index is 2.34. The van der Waals surface area contributed by atoms with Gasteiger partial charge in [0.05, 0.1) is 11.7 Å². The Labute approximate surface area is 86.6 Å². The summed E-state index contributed by atoms with van der Waals surface area (Å²) in [4.78, 5) is 8.48. The molecule has 0 aliphatic heterocycles. The number of pyridine rings is 1. The molecule has 72 valence electrons. The van der Waals surface area contributed by atoms with Crippen molar-refractivity contribution in [3.63, 3.8) is 0 Å². The van der Waals surface area contributed by atoms with E-state index in [0.29, 0.717) is 0 Å². The molecule has 3 nitrogen and oxygen atoms in total. The minimum atomic E-state index is 0.00502. The van der Waals surface area contributed by atoms with Crippen LogP contribution in [0.25, 0.3) is 11.3 Å². The number of nitrogens with two attached hydrogens (primary N) is 1. The summed E-state index contributed by atoms with van der Waals surface area (Å²) < 4.78 is 0. The van der Waals surface area contributed by atoms with E-state index < -0.39 is 0 Å². The fraction of sp³-hybridized carbons (Fsp3) is 0.200. The quantitative estimate of drug-likeness (QED) is 0.818. The number of hydrogen-bond acceptors (Lipinski definition) is 4. The van der Waals surface area contributed by atoms with E-state index in [1.807, 2.05) is 24.4 Å². The van der Waals surface area contributed by atoms with E-state index in [2.05, 4.69) is 9.97 Å². The minimum absolute atomic E-state index is 0.00502. The van der Waals surface area contributed by atoms with Gasteiger partial charge < -0.3 is 5.73 Å². The average molecular weight is 205 g/mol. The first-order chi connectivity index (χ1) is 6.77. The zero-order valence-electron chi connectivity index (χ0n) is 7.84. The molecule has 4 heteroatoms. The highest BCUT2D eigenvalue weighted by Gasteiger charge is 2.06. The molecule has 2 heterocycles. The first kappa shape index (κ1) is 9.30. The van der Waals surface area contributed by atoms with Gasteiger partial charge in [-0.3, -0.25) is 4.98 Å². The third kappa shape index (κ3) is 1.81. The average Bonchev–Trinajstić information content (AvgIpc) is 2.68. The van der Waals surface area contributed by atoms with Crippen molar-refractivity contribution in [3.05, 3.63) is 34.9 Å². The van der Waals surface area contributed by atoms with Gasteiger partial charge in [0, 0.05) is 23.3 Å². The van der Waals surface area contributed by atoms with E-state index in [1.165, 1.54) is 0 Å². The first-order valence-corrected chi connectivity index (χ1v) is 5.27. The topological polar surface area (TPSA) is 51.8 Å². The molecule has 0 saturated heterocycles. The largest absolute Gasteiger partial charge is 0.322 e. The Bertz CT molecular complexity index is 408. The molecule has 2 rings (SSSR count). The van der Waals surface area contributed by atoms with E-state index in [9.17, 15) is 0 Å². The predicted molar refractivity (Wildman–Crippen MR) is 57.9 cm³/mol. The highest BCUT2D eigenvalue weighted by Crippen LogP contribution is 2.23. The van der Waals surface area contributed by atoms with Crippen molar-refractivity contribution < 1.29 is 0 Å². The fourth-order valence-corrected chi connectivity index (χ4v) is 1.93. The second kappa shape index (κ2) is 3.86. The van der Waals surface area contributed by atoms with Crippen molar-refractivity contribution in [2.75, 3.05) is 0 Å². The van der Waals surface area contributed by atoms with Gasteiger partial charge in [-0.2, -0.15) is 0 Å². The molecule has 0 amide bonds. The lowest BCUT2D eigenvalue weighted by molar-refractivity contribution is 0.808. The van der Waals surface area contributed by atoms with Crippen molar-refractivity contribution >= 4 is 11.3 Å². The van der Waals surface area contributed by atoms with Crippen molar-refractivity contribution in [3.8, 4) is 11.3 Å². The normalized spacial score (nSPS) is 12.7. The van der Waals surface area contributed by atoms with Crippen LogP contribution in [0, 0.1) is 0 Å². The number of aromatic nitrogens is 2. The van der Waals surface area contributed by atoms with Crippen LogP contribution in [0.2, 0.25) is 0 Å². The molecule has 0 aliphatic rings. The van der Waals surface area contributed by atoms with Gasteiger partial charge >= 0.3 is 0 Å². The standard InChI is InChI=1S/C10H11N3S/c1-7(11)10-13-9(6-14-10)8-3-2-4-12-5-8/h2-7H,11H2,1H3/t7-/m0/s1. The van der Waals surface area contributed by atoms with Crippen LogP contribution in [0.1, 0.15) is 18.0 Å². The van der Waals surface area contributed by atoms with Crippen LogP contribution in [0.5, 0.6) is 0 Å². The van der Waals surface area contributed by atoms with Gasteiger partial charge in [0.15, 0.2) is 0 Å². The molecule has 14 heavy (non-hydrogen) atoms. The highest BCUT2D eigenvalue weighted by atomic mass is 32.1. The van der Waals surface area contributed by atoms with Crippen LogP contribution in [0.3, 0.4) is 0 Å². The molecule has 0 unspecified atom stereocenters. The van der Waals surface area contributed by atoms with E-state index in [4.69, 9.17) is 5.73 Å². The highest BCUT2D eigenvalue weighted by molar-refractivity contribution is 7.10. The maximum absolute atomic E-state index is 5.74. The van der Waals surface area contributed by atoms with Gasteiger partial charge in [-0.1, -0.05) is 0 Å². The van der Waals surface area contributed by atoms with Gasteiger partial charge in [0.1, 0.15) is 5.01 Å². The van der Waals surface area contributed by atoms with Crippen LogP contribution in [0.4, 0.5) is 0 Å². The summed E-state index contributed by atoms with van der Waals surface area (Å²) in [6, 6.07) is 3.90. The molecule has 2 N–H and O–H groups in total. The van der Waals surface area contributed by atoms with Crippen LogP contribution in [-0.4, -0.2) is 9.97 Å². The monoisotopic (exact) mass is 205 g/mol. The molecule has 0 fully saturated rings. The molecular weight excluding hydrogens is 194 g/mol. The molecule has 0 saturated carbocycles. The second-order valence-corrected chi connectivity index (χ2v) is 3.99. The molecule has 0 aliphatic carbocycles. The Morgan fingerprint density at radius 3 is 2.93 bits per heavy atom. The third-order valence-electron chi connectivity index (χ3n) is 1.87. The summed E-state index contributed by atoms with van der Waals surface area (Å²) in [5.41, 5.74) is 7.73. The Morgan fingerprint density at radius 2 is 2.36 bits per heavy atom. The van der Waals surface area contributed by atoms with Crippen LogP contribution >= 0.6 is 11.3 Å². The zero-order valence-corrected chi connectivity index (χ0v) is 8.66. The SMILES string of the molecule is C[C@H](N)c1nc(-c2cccnc2)cs1. The molecule has 0 radical (unpaired) electrons. The molecule has 0 spiro atoms. The van der Waals surface area contributed by atoms with Crippen molar-refractivity contribution in [2.24, 2.45) is 5.73 Å². The number of rotatable bonds is 2. The Morgan fingerprint density at radius 1 is 1.50 bits per heavy atom. The van der Waals surface area contributed by atoms with Crippen LogP contribution in [-0.2, 0) is 0 Å². The van der Waals surface area contributed by atoms with E-state index in [0.717, 1.165) is 16.3 Å². The minimum Gasteiger partial charge on any atom is -0.322 e. The molecule has 0 bridgehead atoms. The number of nitrogens with zero attached hydrogens (tertiary/aromatic N) is 2. The molecular formula is C10H11N3S. The van der Waals surface area contributed by atoms with Gasteiger partial charge in [0.25, 0.3) is 0 Å². The second-order valence-electron chi connectivity index (χ2n) is 3.10. The molecule has 2 aromatic heterocycles. The van der Waals surface area contributed by atoms with Crippen molar-refractivity contribution in [2.45, 2.75) is 13.0 Å². The summed E-state index contributed by atoms with van der Waals surface area (Å²) >= 11 is 1.59. The maximum Gasteiger partial charge on any atom is 0.110 e. The predicted octanol–water partition coefficient (Wildman–Crippen LogP) is 2.22. The fourth-order valence-electron chi connectivity index (χ4n) is 1.14. The summed E-state index contributed by atoms with van der Waals surface area (Å²) in [6.45, 7) is 1.94. The van der Waals surface area contributed by atoms with Gasteiger partial charge in [-0.25, -0.2) is 4.98 Å². The van der Waals surface area contributed by atoms with Gasteiger partial charge in [-0.05, 0) is 19.1 Å². The molecule has 1 atom stereocenters. The number of thiazole rings is 1. The first-order valence-electron chi connectivity index (χ1n) is 4.39. The van der Waals surface area contributed by atoms with Crippen LogP contribution in [0.15, 0.2) is 29.9 Å². The van der Waals surface area contributed by atoms with E-state index >= 15 is 0 Å². The molecule has 0 aromatic carbocycles. The Kier molecular flexibility index (Phi) is 2.56. The summed E-state index contributed by atoms with van der Waals surface area (Å²) in [6.07, 6.45) is 3.56. The lowest BCUT2D eigenvalue weighted by atomic mass is 10.2. The molecule has 2 aromatic rings. The van der Waals surface area contributed by atoms with Crippen molar-refractivity contribution in [1.82, 2.24) is 9.97 Å². The lowest BCUT2D eigenvalue weighted by Crippen LogP contribution is -2.03. The lowest BCUT2D eigenvalue weighted by Gasteiger charge is -1.97. The third-order valence-corrected chi connectivity index (χ3v) is 2.91. The summed E-state index contributed by atoms with van der Waals surface area (Å²) in [7, 11) is 0. The van der Waals surface area contributed by atoms with Gasteiger partial charge in [0.2, 0.25) is 0 Å². The Hall–Kier alpha value is -1.26. The van der Waals surface area contributed by atoms with Gasteiger partial charge in [-0.15, -0.1) is 11.3 Å². The summed E-state index contributed by atoms with van der Waals surface area (Å²) in [5.74, 6) is 0. The number of hydrogen-bond donors (Lipinski definition) is 1. The smallest absolute Gasteiger partial charge is 0.110 e. The summed E-state index contributed by atoms with van der Waals surface area (Å²) in [5, 5.41) is 2.97.